The van der Waals surface area contributed by atoms with Crippen LogP contribution in [-0.4, -0.2) is 28.6 Å². The third kappa shape index (κ3) is 3.23. The van der Waals surface area contributed by atoms with Gasteiger partial charge >= 0.3 is 6.01 Å². The molecule has 0 aliphatic heterocycles. The van der Waals surface area contributed by atoms with E-state index >= 15 is 0 Å². The molecule has 2 aromatic rings. The fourth-order valence-electron chi connectivity index (χ4n) is 1.81. The molecule has 1 heterocycles. The molecule has 0 atom stereocenters. The van der Waals surface area contributed by atoms with Crippen molar-refractivity contribution in [2.75, 3.05) is 19.0 Å². The highest BCUT2D eigenvalue weighted by molar-refractivity contribution is 5.57. The number of nitrogens with one attached hydrogen (secondary N) is 1. The van der Waals surface area contributed by atoms with E-state index < -0.39 is 0 Å². The Morgan fingerprint density at radius 1 is 1.10 bits per heavy atom. The van der Waals surface area contributed by atoms with Crippen molar-refractivity contribution in [1.29, 1.82) is 0 Å². The van der Waals surface area contributed by atoms with E-state index in [0.29, 0.717) is 30.3 Å². The van der Waals surface area contributed by atoms with Crippen molar-refractivity contribution >= 4 is 5.95 Å². The molecule has 20 heavy (non-hydrogen) atoms. The molecule has 0 aliphatic carbocycles. The van der Waals surface area contributed by atoms with E-state index in [1.165, 1.54) is 5.56 Å². The summed E-state index contributed by atoms with van der Waals surface area (Å²) in [5.41, 5.74) is 2.25. The third-order valence-corrected chi connectivity index (χ3v) is 2.95. The first-order valence-electron chi connectivity index (χ1n) is 6.81. The van der Waals surface area contributed by atoms with Crippen LogP contribution in [0.4, 0.5) is 5.95 Å². The highest BCUT2D eigenvalue weighted by atomic mass is 16.5. The van der Waals surface area contributed by atoms with Gasteiger partial charge in [-0.05, 0) is 18.4 Å². The average molecular weight is 272 g/mol. The highest BCUT2D eigenvalue weighted by Crippen LogP contribution is 2.22. The van der Waals surface area contributed by atoms with Gasteiger partial charge in [0.25, 0.3) is 0 Å². The molecule has 0 fully saturated rings. The lowest BCUT2D eigenvalue weighted by atomic mass is 10.0. The van der Waals surface area contributed by atoms with E-state index in [9.17, 15) is 0 Å². The molecular weight excluding hydrogens is 252 g/mol. The fraction of sp³-hybridized carbons (Fsp3) is 0.400. The molecule has 2 rings (SSSR count). The van der Waals surface area contributed by atoms with Gasteiger partial charge in [0.2, 0.25) is 5.95 Å². The Morgan fingerprint density at radius 3 is 2.35 bits per heavy atom. The molecule has 5 nitrogen and oxygen atoms in total. The predicted octanol–water partition coefficient (Wildman–Crippen LogP) is 3.10. The lowest BCUT2D eigenvalue weighted by Crippen LogP contribution is -2.05. The summed E-state index contributed by atoms with van der Waals surface area (Å²) < 4.78 is 5.37. The number of nitrogens with zero attached hydrogens (tertiary/aromatic N) is 3. The van der Waals surface area contributed by atoms with E-state index in [2.05, 4.69) is 46.2 Å². The normalized spacial score (nSPS) is 10.7. The van der Waals surface area contributed by atoms with E-state index in [1.54, 1.807) is 7.05 Å². The van der Waals surface area contributed by atoms with Crippen LogP contribution in [0.3, 0.4) is 0 Å². The van der Waals surface area contributed by atoms with Crippen molar-refractivity contribution < 1.29 is 4.74 Å². The quantitative estimate of drug-likeness (QED) is 0.906. The van der Waals surface area contributed by atoms with E-state index in [0.717, 1.165) is 5.56 Å². The third-order valence-electron chi connectivity index (χ3n) is 2.95. The molecule has 5 heteroatoms. The summed E-state index contributed by atoms with van der Waals surface area (Å²) in [5.74, 6) is 1.63. The van der Waals surface area contributed by atoms with Gasteiger partial charge in [-0.25, -0.2) is 0 Å². The molecule has 1 aromatic carbocycles. The van der Waals surface area contributed by atoms with Crippen molar-refractivity contribution in [2.45, 2.75) is 26.7 Å². The maximum Gasteiger partial charge on any atom is 0.321 e. The van der Waals surface area contributed by atoms with E-state index in [-0.39, 0.29) is 0 Å². The molecule has 106 valence electrons. The Labute approximate surface area is 119 Å². The van der Waals surface area contributed by atoms with Crippen LogP contribution in [0.15, 0.2) is 24.3 Å². The molecule has 0 unspecified atom stereocenters. The Morgan fingerprint density at radius 2 is 1.80 bits per heavy atom. The van der Waals surface area contributed by atoms with Crippen LogP contribution >= 0.6 is 0 Å². The summed E-state index contributed by atoms with van der Waals surface area (Å²) in [6.45, 7) is 6.77. The Hall–Kier alpha value is -2.17. The van der Waals surface area contributed by atoms with Crippen LogP contribution in [-0.2, 0) is 0 Å². The second-order valence-corrected chi connectivity index (χ2v) is 4.72. The maximum atomic E-state index is 5.37. The van der Waals surface area contributed by atoms with Gasteiger partial charge in [0.1, 0.15) is 0 Å². The SMILES string of the molecule is CCOc1nc(NC)nc(-c2ccc(C(C)C)cc2)n1. The molecule has 0 amide bonds. The number of anilines is 1. The van der Waals surface area contributed by atoms with Crippen LogP contribution in [0, 0.1) is 0 Å². The molecule has 0 saturated carbocycles. The maximum absolute atomic E-state index is 5.37. The lowest BCUT2D eigenvalue weighted by molar-refractivity contribution is 0.312. The second kappa shape index (κ2) is 6.32. The van der Waals surface area contributed by atoms with Gasteiger partial charge in [0, 0.05) is 12.6 Å². The average Bonchev–Trinajstić information content (AvgIpc) is 2.47. The molecule has 0 aliphatic rings. The minimum atomic E-state index is 0.342. The summed E-state index contributed by atoms with van der Waals surface area (Å²) in [4.78, 5) is 12.9. The minimum absolute atomic E-state index is 0.342. The largest absolute Gasteiger partial charge is 0.464 e. The Kier molecular flexibility index (Phi) is 4.50. The molecular formula is C15H20N4O. The van der Waals surface area contributed by atoms with E-state index in [4.69, 9.17) is 4.74 Å². The van der Waals surface area contributed by atoms with Gasteiger partial charge in [0.05, 0.1) is 6.61 Å². The molecule has 0 saturated heterocycles. The Bertz CT molecular complexity index is 567. The number of benzene rings is 1. The first-order chi connectivity index (χ1) is 9.63. The van der Waals surface area contributed by atoms with Crippen LogP contribution in [0.5, 0.6) is 6.01 Å². The number of hydrogen-bond donors (Lipinski definition) is 1. The zero-order valence-electron chi connectivity index (χ0n) is 12.3. The number of ether oxygens (including phenoxy) is 1. The van der Waals surface area contributed by atoms with Crippen LogP contribution in [0.25, 0.3) is 11.4 Å². The van der Waals surface area contributed by atoms with Gasteiger partial charge in [-0.3, -0.25) is 0 Å². The van der Waals surface area contributed by atoms with Gasteiger partial charge in [0.15, 0.2) is 5.82 Å². The first-order valence-corrected chi connectivity index (χ1v) is 6.81. The minimum Gasteiger partial charge on any atom is -0.464 e. The van der Waals surface area contributed by atoms with Gasteiger partial charge in [-0.2, -0.15) is 15.0 Å². The lowest BCUT2D eigenvalue weighted by Gasteiger charge is -2.08. The molecule has 0 bridgehead atoms. The van der Waals surface area contributed by atoms with Crippen LogP contribution in [0.2, 0.25) is 0 Å². The van der Waals surface area contributed by atoms with Crippen molar-refractivity contribution in [3.63, 3.8) is 0 Å². The monoisotopic (exact) mass is 272 g/mol. The van der Waals surface area contributed by atoms with Crippen molar-refractivity contribution in [2.24, 2.45) is 0 Å². The predicted molar refractivity (Wildman–Crippen MR) is 80.1 cm³/mol. The van der Waals surface area contributed by atoms with Crippen LogP contribution < -0.4 is 10.1 Å². The summed E-state index contributed by atoms with van der Waals surface area (Å²) in [5, 5.41) is 2.92. The Balaban J connectivity index is 2.37. The summed E-state index contributed by atoms with van der Waals surface area (Å²) in [7, 11) is 1.77. The number of aromatic nitrogens is 3. The second-order valence-electron chi connectivity index (χ2n) is 4.72. The zero-order chi connectivity index (χ0) is 14.5. The number of rotatable bonds is 5. The van der Waals surface area contributed by atoms with Crippen LogP contribution in [0.1, 0.15) is 32.3 Å². The van der Waals surface area contributed by atoms with Gasteiger partial charge in [-0.1, -0.05) is 38.1 Å². The summed E-state index contributed by atoms with van der Waals surface area (Å²) >= 11 is 0. The first kappa shape index (κ1) is 14.2. The zero-order valence-corrected chi connectivity index (χ0v) is 12.3. The standard InChI is InChI=1S/C15H20N4O/c1-5-20-15-18-13(17-14(16-4)19-15)12-8-6-11(7-9-12)10(2)3/h6-10H,5H2,1-4H3,(H,16,17,18,19). The van der Waals surface area contributed by atoms with Crippen molar-refractivity contribution in [1.82, 2.24) is 15.0 Å². The van der Waals surface area contributed by atoms with E-state index in [1.807, 2.05) is 19.1 Å². The van der Waals surface area contributed by atoms with Gasteiger partial charge in [-0.15, -0.1) is 0 Å². The molecule has 1 aromatic heterocycles. The molecule has 1 N–H and O–H groups in total. The summed E-state index contributed by atoms with van der Waals surface area (Å²) in [6.07, 6.45) is 0. The fourth-order valence-corrected chi connectivity index (χ4v) is 1.81. The topological polar surface area (TPSA) is 59.9 Å². The molecule has 0 radical (unpaired) electrons. The van der Waals surface area contributed by atoms with Gasteiger partial charge < -0.3 is 10.1 Å². The smallest absolute Gasteiger partial charge is 0.321 e. The summed E-state index contributed by atoms with van der Waals surface area (Å²) in [6, 6.07) is 8.60. The van der Waals surface area contributed by atoms with Crippen molar-refractivity contribution in [3.8, 4) is 17.4 Å². The molecule has 0 spiro atoms. The highest BCUT2D eigenvalue weighted by Gasteiger charge is 2.09. The van der Waals surface area contributed by atoms with Crippen molar-refractivity contribution in [3.05, 3.63) is 29.8 Å². The number of hydrogen-bond acceptors (Lipinski definition) is 5.